The van der Waals surface area contributed by atoms with E-state index in [-0.39, 0.29) is 17.5 Å². The van der Waals surface area contributed by atoms with Crippen molar-refractivity contribution in [3.8, 4) is 0 Å². The SMILES string of the molecule is C[C@@H](NC(=O)c1cnn(CC(F)(F)F)c1)c1ccc(C(=C2CCN(C(=O)OC(C)(C)C)CC2)c2ccc(F)cc2)cc1. The molecule has 11 heteroatoms. The van der Waals surface area contributed by atoms with Gasteiger partial charge in [-0.2, -0.15) is 18.3 Å². The Balaban J connectivity index is 1.51. The average molecular weight is 587 g/mol. The lowest BCUT2D eigenvalue weighted by Gasteiger charge is -2.32. The lowest BCUT2D eigenvalue weighted by atomic mass is 9.88. The van der Waals surface area contributed by atoms with Crippen molar-refractivity contribution in [2.45, 2.75) is 64.9 Å². The molecule has 2 aromatic carbocycles. The summed E-state index contributed by atoms with van der Waals surface area (Å²) in [6, 6.07) is 13.4. The third-order valence-corrected chi connectivity index (χ3v) is 6.79. The van der Waals surface area contributed by atoms with E-state index in [2.05, 4.69) is 10.4 Å². The Hall–Kier alpha value is -4.15. The molecule has 3 aromatic rings. The maximum absolute atomic E-state index is 13.7. The number of likely N-dealkylation sites (tertiary alicyclic amines) is 1. The van der Waals surface area contributed by atoms with Crippen molar-refractivity contribution < 1.29 is 31.9 Å². The van der Waals surface area contributed by atoms with Crippen LogP contribution >= 0.6 is 0 Å². The van der Waals surface area contributed by atoms with E-state index in [4.69, 9.17) is 4.74 Å². The fraction of sp³-hybridized carbons (Fsp3) is 0.387. The first-order valence-corrected chi connectivity index (χ1v) is 13.6. The van der Waals surface area contributed by atoms with E-state index < -0.39 is 30.3 Å². The first-order chi connectivity index (χ1) is 19.7. The number of piperidine rings is 1. The number of halogens is 4. The second-order valence-corrected chi connectivity index (χ2v) is 11.3. The summed E-state index contributed by atoms with van der Waals surface area (Å²) in [5, 5.41) is 6.41. The highest BCUT2D eigenvalue weighted by Crippen LogP contribution is 2.33. The van der Waals surface area contributed by atoms with Crippen molar-refractivity contribution in [3.05, 3.63) is 94.6 Å². The van der Waals surface area contributed by atoms with Crippen molar-refractivity contribution in [2.24, 2.45) is 0 Å². The minimum Gasteiger partial charge on any atom is -0.444 e. The van der Waals surface area contributed by atoms with Gasteiger partial charge in [0.1, 0.15) is 18.0 Å². The molecule has 1 aromatic heterocycles. The molecule has 1 aliphatic rings. The molecule has 0 saturated carbocycles. The second-order valence-electron chi connectivity index (χ2n) is 11.3. The van der Waals surface area contributed by atoms with E-state index in [0.29, 0.717) is 30.6 Å². The Bertz CT molecular complexity index is 1430. The van der Waals surface area contributed by atoms with Crippen LogP contribution in [0.5, 0.6) is 0 Å². The fourth-order valence-electron chi connectivity index (χ4n) is 4.78. The van der Waals surface area contributed by atoms with E-state index in [1.54, 1.807) is 24.0 Å². The quantitative estimate of drug-likeness (QED) is 0.319. The number of hydrogen-bond acceptors (Lipinski definition) is 4. The number of carbonyl (C=O) groups is 2. The molecule has 224 valence electrons. The van der Waals surface area contributed by atoms with Crippen LogP contribution in [0.4, 0.5) is 22.4 Å². The van der Waals surface area contributed by atoms with E-state index in [0.717, 1.165) is 40.2 Å². The van der Waals surface area contributed by atoms with E-state index in [1.807, 2.05) is 45.0 Å². The number of carbonyl (C=O) groups excluding carboxylic acids is 2. The normalized spacial score (nSPS) is 14.9. The molecule has 0 bridgehead atoms. The molecule has 1 atom stereocenters. The number of nitrogens with one attached hydrogen (secondary N) is 1. The molecule has 0 unspecified atom stereocenters. The number of alkyl halides is 3. The molecule has 4 rings (SSSR count). The molecular formula is C31H34F4N4O3. The minimum absolute atomic E-state index is 0.0313. The largest absolute Gasteiger partial charge is 0.444 e. The lowest BCUT2D eigenvalue weighted by molar-refractivity contribution is -0.142. The third-order valence-electron chi connectivity index (χ3n) is 6.79. The van der Waals surface area contributed by atoms with Gasteiger partial charge in [-0.3, -0.25) is 9.48 Å². The number of aromatic nitrogens is 2. The molecule has 1 fully saturated rings. The van der Waals surface area contributed by atoms with Crippen LogP contribution in [-0.2, 0) is 11.3 Å². The molecule has 2 amide bonds. The number of rotatable bonds is 6. The van der Waals surface area contributed by atoms with Gasteiger partial charge in [0.15, 0.2) is 0 Å². The summed E-state index contributed by atoms with van der Waals surface area (Å²) in [5.74, 6) is -0.877. The zero-order valence-electron chi connectivity index (χ0n) is 24.0. The van der Waals surface area contributed by atoms with Gasteiger partial charge in [-0.25, -0.2) is 9.18 Å². The maximum atomic E-state index is 13.7. The topological polar surface area (TPSA) is 76.5 Å². The molecule has 1 aliphatic heterocycles. The van der Waals surface area contributed by atoms with Gasteiger partial charge in [-0.1, -0.05) is 42.0 Å². The van der Waals surface area contributed by atoms with Crippen LogP contribution in [0.1, 0.15) is 73.6 Å². The van der Waals surface area contributed by atoms with Crippen molar-refractivity contribution in [1.82, 2.24) is 20.0 Å². The number of hydrogen-bond donors (Lipinski definition) is 1. The van der Waals surface area contributed by atoms with Crippen LogP contribution in [0.15, 0.2) is 66.5 Å². The molecule has 42 heavy (non-hydrogen) atoms. The molecule has 1 N–H and O–H groups in total. The van der Waals surface area contributed by atoms with Gasteiger partial charge in [0.25, 0.3) is 5.91 Å². The van der Waals surface area contributed by atoms with Crippen LogP contribution in [0.25, 0.3) is 5.57 Å². The molecular weight excluding hydrogens is 552 g/mol. The van der Waals surface area contributed by atoms with Crippen LogP contribution in [-0.4, -0.2) is 51.5 Å². The summed E-state index contributed by atoms with van der Waals surface area (Å²) in [7, 11) is 0. The molecule has 0 aliphatic carbocycles. The summed E-state index contributed by atoms with van der Waals surface area (Å²) in [6.45, 7) is 6.98. The zero-order valence-corrected chi connectivity index (χ0v) is 24.0. The highest BCUT2D eigenvalue weighted by atomic mass is 19.4. The number of ether oxygens (including phenoxy) is 1. The minimum atomic E-state index is -4.44. The van der Waals surface area contributed by atoms with Gasteiger partial charge >= 0.3 is 12.3 Å². The Labute approximate surface area is 242 Å². The zero-order chi connectivity index (χ0) is 30.7. The third kappa shape index (κ3) is 8.20. The first kappa shape index (κ1) is 30.8. The van der Waals surface area contributed by atoms with Gasteiger partial charge < -0.3 is 15.0 Å². The molecule has 0 radical (unpaired) electrons. The molecule has 0 spiro atoms. The van der Waals surface area contributed by atoms with Crippen LogP contribution < -0.4 is 5.32 Å². The summed E-state index contributed by atoms with van der Waals surface area (Å²) < 4.78 is 57.8. The fourth-order valence-corrected chi connectivity index (χ4v) is 4.78. The summed E-state index contributed by atoms with van der Waals surface area (Å²) in [6.07, 6.45) is -1.37. The Morgan fingerprint density at radius 2 is 1.52 bits per heavy atom. The summed E-state index contributed by atoms with van der Waals surface area (Å²) >= 11 is 0. The molecule has 1 saturated heterocycles. The first-order valence-electron chi connectivity index (χ1n) is 13.6. The predicted molar refractivity (Wildman–Crippen MR) is 150 cm³/mol. The maximum Gasteiger partial charge on any atom is 0.410 e. The number of benzene rings is 2. The Kier molecular flexibility index (Phi) is 9.08. The smallest absolute Gasteiger partial charge is 0.410 e. The lowest BCUT2D eigenvalue weighted by Crippen LogP contribution is -2.40. The van der Waals surface area contributed by atoms with Crippen molar-refractivity contribution in [1.29, 1.82) is 0 Å². The highest BCUT2D eigenvalue weighted by Gasteiger charge is 2.29. The number of amides is 2. The van der Waals surface area contributed by atoms with Gasteiger partial charge in [0, 0.05) is 19.3 Å². The van der Waals surface area contributed by atoms with Gasteiger partial charge in [0.05, 0.1) is 17.8 Å². The van der Waals surface area contributed by atoms with Crippen LogP contribution in [0.3, 0.4) is 0 Å². The Morgan fingerprint density at radius 1 is 0.952 bits per heavy atom. The van der Waals surface area contributed by atoms with Crippen molar-refractivity contribution in [2.75, 3.05) is 13.1 Å². The van der Waals surface area contributed by atoms with E-state index >= 15 is 0 Å². The summed E-state index contributed by atoms with van der Waals surface area (Å²) in [5.41, 5.74) is 4.08. The van der Waals surface area contributed by atoms with Gasteiger partial charge in [-0.15, -0.1) is 0 Å². The Morgan fingerprint density at radius 3 is 2.07 bits per heavy atom. The number of nitrogens with zero attached hydrogens (tertiary/aromatic N) is 3. The second kappa shape index (κ2) is 12.4. The van der Waals surface area contributed by atoms with Gasteiger partial charge in [0.2, 0.25) is 0 Å². The van der Waals surface area contributed by atoms with Crippen molar-refractivity contribution in [3.63, 3.8) is 0 Å². The molecule has 7 nitrogen and oxygen atoms in total. The predicted octanol–water partition coefficient (Wildman–Crippen LogP) is 6.91. The van der Waals surface area contributed by atoms with Gasteiger partial charge in [-0.05, 0) is 74.9 Å². The summed E-state index contributed by atoms with van der Waals surface area (Å²) in [4.78, 5) is 26.9. The standard InChI is InChI=1S/C31H34F4N4O3/c1-20(37-28(40)25-17-36-39(18-25)19-31(33,34)35)21-5-7-22(8-6-21)27(23-9-11-26(32)12-10-23)24-13-15-38(16-14-24)29(41)42-30(2,3)4/h5-12,17-18,20H,13-16,19H2,1-4H3,(H,37,40)/t20-/m1/s1. The van der Waals surface area contributed by atoms with E-state index in [9.17, 15) is 27.2 Å². The highest BCUT2D eigenvalue weighted by molar-refractivity contribution is 5.94. The van der Waals surface area contributed by atoms with Crippen molar-refractivity contribution >= 4 is 17.6 Å². The monoisotopic (exact) mass is 586 g/mol. The van der Waals surface area contributed by atoms with Crippen LogP contribution in [0, 0.1) is 5.82 Å². The average Bonchev–Trinajstić information content (AvgIpc) is 3.37. The molecule has 2 heterocycles. The van der Waals surface area contributed by atoms with Crippen LogP contribution in [0.2, 0.25) is 0 Å². The van der Waals surface area contributed by atoms with E-state index in [1.165, 1.54) is 12.1 Å².